The second kappa shape index (κ2) is 7.20. The van der Waals surface area contributed by atoms with Gasteiger partial charge >= 0.3 is 0 Å². The first-order valence-corrected chi connectivity index (χ1v) is 7.93. The number of rotatable bonds is 4. The van der Waals surface area contributed by atoms with E-state index in [4.69, 9.17) is 0 Å². The largest absolute Gasteiger partial charge is 0.385 e. The van der Waals surface area contributed by atoms with Gasteiger partial charge in [0, 0.05) is 25.5 Å². The molecule has 0 spiro atoms. The van der Waals surface area contributed by atoms with Crippen LogP contribution in [0.25, 0.3) is 0 Å². The summed E-state index contributed by atoms with van der Waals surface area (Å²) in [6.45, 7) is 0.794. The maximum atomic E-state index is 13.9. The highest BCUT2D eigenvalue weighted by molar-refractivity contribution is 5.91. The molecule has 2 aromatic rings. The fourth-order valence-electron chi connectivity index (χ4n) is 3.02. The number of aromatic nitrogens is 2. The predicted molar refractivity (Wildman–Crippen MR) is 86.6 cm³/mol. The summed E-state index contributed by atoms with van der Waals surface area (Å²) in [5.74, 6) is -1.41. The molecule has 0 unspecified atom stereocenters. The molecular weight excluding hydrogens is 330 g/mol. The second-order valence-corrected chi connectivity index (χ2v) is 6.04. The number of benzene rings is 1. The number of carbonyl (C=O) groups excluding carboxylic acids is 1. The Hall–Kier alpha value is -2.45. The monoisotopic (exact) mass is 348 g/mol. The lowest BCUT2D eigenvalue weighted by molar-refractivity contribution is -0.118. The average Bonchev–Trinajstić information content (AvgIpc) is 2.58. The van der Waals surface area contributed by atoms with Gasteiger partial charge in [-0.05, 0) is 25.0 Å². The Labute approximate surface area is 143 Å². The number of nitrogens with zero attached hydrogens (tertiary/aromatic N) is 3. The Kier molecular flexibility index (Phi) is 5.00. The highest BCUT2D eigenvalue weighted by Crippen LogP contribution is 2.35. The number of anilines is 1. The highest BCUT2D eigenvalue weighted by Gasteiger charge is 2.38. The molecule has 6 nitrogen and oxygen atoms in total. The van der Waals surface area contributed by atoms with Gasteiger partial charge in [0.05, 0.1) is 23.9 Å². The normalized spacial score (nSPS) is 17.2. The Morgan fingerprint density at radius 3 is 2.52 bits per heavy atom. The van der Waals surface area contributed by atoms with Gasteiger partial charge in [-0.3, -0.25) is 14.7 Å². The van der Waals surface area contributed by atoms with Gasteiger partial charge in [0.25, 0.3) is 0 Å². The summed E-state index contributed by atoms with van der Waals surface area (Å²) in [6.07, 6.45) is 4.70. The summed E-state index contributed by atoms with van der Waals surface area (Å²) in [4.78, 5) is 21.7. The molecule has 1 aromatic heterocycles. The maximum Gasteiger partial charge on any atom is 0.239 e. The molecule has 0 atom stereocenters. The number of halogens is 2. The van der Waals surface area contributed by atoms with E-state index in [-0.39, 0.29) is 30.9 Å². The molecule has 3 rings (SSSR count). The van der Waals surface area contributed by atoms with Gasteiger partial charge in [-0.2, -0.15) is 0 Å². The van der Waals surface area contributed by atoms with Crippen LogP contribution < -0.4 is 5.32 Å². The number of amides is 1. The Bertz CT molecular complexity index is 729. The van der Waals surface area contributed by atoms with E-state index in [1.165, 1.54) is 24.7 Å². The molecule has 1 aliphatic heterocycles. The molecule has 0 bridgehead atoms. The molecular formula is C17H18F2N4O2. The zero-order valence-electron chi connectivity index (χ0n) is 13.5. The fraction of sp³-hybridized carbons (Fsp3) is 0.353. The number of piperidine rings is 1. The minimum Gasteiger partial charge on any atom is -0.385 e. The maximum absolute atomic E-state index is 13.9. The molecule has 1 aliphatic rings. The van der Waals surface area contributed by atoms with Crippen molar-refractivity contribution in [2.75, 3.05) is 25.0 Å². The topological polar surface area (TPSA) is 78.4 Å². The first kappa shape index (κ1) is 17.4. The molecule has 2 N–H and O–H groups in total. The van der Waals surface area contributed by atoms with Crippen LogP contribution in [0.5, 0.6) is 0 Å². The van der Waals surface area contributed by atoms with E-state index >= 15 is 0 Å². The zero-order valence-corrected chi connectivity index (χ0v) is 13.5. The van der Waals surface area contributed by atoms with Crippen LogP contribution in [0.15, 0.2) is 36.8 Å². The molecule has 0 saturated carbocycles. The summed E-state index contributed by atoms with van der Waals surface area (Å²) in [5, 5.41) is 13.3. The number of hydrogen-bond acceptors (Lipinski definition) is 5. The van der Waals surface area contributed by atoms with Crippen LogP contribution in [0.1, 0.15) is 18.4 Å². The first-order valence-electron chi connectivity index (χ1n) is 7.93. The van der Waals surface area contributed by atoms with E-state index in [1.807, 2.05) is 4.90 Å². The van der Waals surface area contributed by atoms with Crippen molar-refractivity contribution in [3.8, 4) is 0 Å². The van der Waals surface area contributed by atoms with E-state index in [9.17, 15) is 18.7 Å². The van der Waals surface area contributed by atoms with E-state index in [1.54, 1.807) is 0 Å². The lowest BCUT2D eigenvalue weighted by atomic mass is 9.83. The standard InChI is InChI=1S/C17H18F2N4O2/c18-12-2-1-3-13(19)16(12)17(25)4-8-23(9-5-17)11-15(24)22-14-10-20-6-7-21-14/h1-3,6-7,10,25H,4-5,8-9,11H2,(H,21,22,24). The molecule has 1 fully saturated rings. The smallest absolute Gasteiger partial charge is 0.239 e. The molecule has 132 valence electrons. The quantitative estimate of drug-likeness (QED) is 0.879. The lowest BCUT2D eigenvalue weighted by Gasteiger charge is -2.38. The van der Waals surface area contributed by atoms with Gasteiger partial charge in [-0.15, -0.1) is 0 Å². The van der Waals surface area contributed by atoms with Crippen molar-refractivity contribution >= 4 is 11.7 Å². The predicted octanol–water partition coefficient (Wildman–Crippen LogP) is 1.68. The fourth-order valence-corrected chi connectivity index (χ4v) is 3.02. The van der Waals surface area contributed by atoms with Gasteiger partial charge < -0.3 is 10.4 Å². The van der Waals surface area contributed by atoms with Crippen molar-refractivity contribution in [1.29, 1.82) is 0 Å². The van der Waals surface area contributed by atoms with Crippen molar-refractivity contribution in [3.05, 3.63) is 54.0 Å². The Balaban J connectivity index is 1.59. The van der Waals surface area contributed by atoms with Crippen LogP contribution in [0.3, 0.4) is 0 Å². The van der Waals surface area contributed by atoms with E-state index in [0.717, 1.165) is 12.1 Å². The van der Waals surface area contributed by atoms with Crippen molar-refractivity contribution in [2.24, 2.45) is 0 Å². The van der Waals surface area contributed by atoms with E-state index in [2.05, 4.69) is 15.3 Å². The molecule has 0 radical (unpaired) electrons. The van der Waals surface area contributed by atoms with E-state index < -0.39 is 17.2 Å². The third-order valence-corrected chi connectivity index (χ3v) is 4.31. The third-order valence-electron chi connectivity index (χ3n) is 4.31. The molecule has 2 heterocycles. The lowest BCUT2D eigenvalue weighted by Crippen LogP contribution is -2.46. The summed E-state index contributed by atoms with van der Waals surface area (Å²) in [7, 11) is 0. The molecule has 8 heteroatoms. The van der Waals surface area contributed by atoms with Crippen molar-refractivity contribution in [1.82, 2.24) is 14.9 Å². The summed E-state index contributed by atoms with van der Waals surface area (Å²) >= 11 is 0. The number of nitrogens with one attached hydrogen (secondary N) is 1. The minimum atomic E-state index is -1.56. The Morgan fingerprint density at radius 2 is 1.92 bits per heavy atom. The highest BCUT2D eigenvalue weighted by atomic mass is 19.1. The third kappa shape index (κ3) is 3.97. The molecule has 1 saturated heterocycles. The van der Waals surface area contributed by atoms with Gasteiger partial charge in [-0.25, -0.2) is 13.8 Å². The van der Waals surface area contributed by atoms with E-state index in [0.29, 0.717) is 18.9 Å². The SMILES string of the molecule is O=C(CN1CCC(O)(c2c(F)cccc2F)CC1)Nc1cnccn1. The summed E-state index contributed by atoms with van der Waals surface area (Å²) in [5.41, 5.74) is -1.86. The van der Waals surface area contributed by atoms with Crippen LogP contribution in [0.4, 0.5) is 14.6 Å². The van der Waals surface area contributed by atoms with Gasteiger partial charge in [0.15, 0.2) is 5.82 Å². The molecule has 0 aliphatic carbocycles. The average molecular weight is 348 g/mol. The summed E-state index contributed by atoms with van der Waals surface area (Å²) in [6, 6.07) is 3.54. The zero-order chi connectivity index (χ0) is 17.9. The second-order valence-electron chi connectivity index (χ2n) is 6.04. The number of hydrogen-bond donors (Lipinski definition) is 2. The van der Waals surface area contributed by atoms with Gasteiger partial charge in [-0.1, -0.05) is 6.07 Å². The molecule has 1 aromatic carbocycles. The summed E-state index contributed by atoms with van der Waals surface area (Å²) < 4.78 is 27.9. The number of aliphatic hydroxyl groups is 1. The van der Waals surface area contributed by atoms with Crippen LogP contribution in [0.2, 0.25) is 0 Å². The molecule has 1 amide bonds. The van der Waals surface area contributed by atoms with Crippen LogP contribution in [-0.4, -0.2) is 45.5 Å². The number of carbonyl (C=O) groups is 1. The minimum absolute atomic E-state index is 0.104. The van der Waals surface area contributed by atoms with Gasteiger partial charge in [0.2, 0.25) is 5.91 Å². The molecule has 25 heavy (non-hydrogen) atoms. The van der Waals surface area contributed by atoms with Crippen LogP contribution in [-0.2, 0) is 10.4 Å². The van der Waals surface area contributed by atoms with Crippen LogP contribution in [0, 0.1) is 11.6 Å². The van der Waals surface area contributed by atoms with Crippen molar-refractivity contribution < 1.29 is 18.7 Å². The van der Waals surface area contributed by atoms with Crippen LogP contribution >= 0.6 is 0 Å². The first-order chi connectivity index (χ1) is 12.0. The van der Waals surface area contributed by atoms with Crippen molar-refractivity contribution in [3.63, 3.8) is 0 Å². The van der Waals surface area contributed by atoms with Crippen molar-refractivity contribution in [2.45, 2.75) is 18.4 Å². The Morgan fingerprint density at radius 1 is 1.24 bits per heavy atom. The van der Waals surface area contributed by atoms with Gasteiger partial charge in [0.1, 0.15) is 11.6 Å². The number of likely N-dealkylation sites (tertiary alicyclic amines) is 1.